The first-order valence-corrected chi connectivity index (χ1v) is 7.40. The van der Waals surface area contributed by atoms with Crippen LogP contribution in [0.4, 0.5) is 5.69 Å². The van der Waals surface area contributed by atoms with E-state index in [0.29, 0.717) is 18.8 Å². The Kier molecular flexibility index (Phi) is 3.83. The van der Waals surface area contributed by atoms with E-state index in [1.807, 2.05) is 6.07 Å². The SMILES string of the molecule is Nc1cnn(CC(=O)NCc2cc(Br)cc3c2OCC3)c1. The molecule has 2 aromatic rings. The number of nitrogens with zero attached hydrogens (tertiary/aromatic N) is 2. The highest BCUT2D eigenvalue weighted by Gasteiger charge is 2.17. The number of carbonyl (C=O) groups excluding carboxylic acids is 1. The molecule has 3 rings (SSSR count). The minimum absolute atomic E-state index is 0.121. The molecule has 7 heteroatoms. The predicted molar refractivity (Wildman–Crippen MR) is 81.8 cm³/mol. The molecule has 3 N–H and O–H groups in total. The fourth-order valence-corrected chi connectivity index (χ4v) is 2.89. The summed E-state index contributed by atoms with van der Waals surface area (Å²) < 4.78 is 8.13. The van der Waals surface area contributed by atoms with Crippen LogP contribution in [0.1, 0.15) is 11.1 Å². The van der Waals surface area contributed by atoms with Crippen molar-refractivity contribution in [3.63, 3.8) is 0 Å². The lowest BCUT2D eigenvalue weighted by Gasteiger charge is -2.10. The van der Waals surface area contributed by atoms with Gasteiger partial charge in [-0.15, -0.1) is 0 Å². The van der Waals surface area contributed by atoms with E-state index in [-0.39, 0.29) is 12.5 Å². The maximum atomic E-state index is 11.9. The number of halogens is 1. The third kappa shape index (κ3) is 3.18. The molecule has 0 bridgehead atoms. The molecule has 0 saturated carbocycles. The summed E-state index contributed by atoms with van der Waals surface area (Å²) >= 11 is 3.48. The number of rotatable bonds is 4. The van der Waals surface area contributed by atoms with E-state index in [1.165, 1.54) is 16.4 Å². The summed E-state index contributed by atoms with van der Waals surface area (Å²) in [6.07, 6.45) is 4.05. The van der Waals surface area contributed by atoms with Crippen molar-refractivity contribution in [1.82, 2.24) is 15.1 Å². The molecule has 0 atom stereocenters. The normalized spacial score (nSPS) is 12.8. The molecule has 0 saturated heterocycles. The number of nitrogens with two attached hydrogens (primary N) is 1. The summed E-state index contributed by atoms with van der Waals surface area (Å²) in [6, 6.07) is 4.02. The second kappa shape index (κ2) is 5.77. The molecular formula is C14H15BrN4O2. The van der Waals surface area contributed by atoms with E-state index in [9.17, 15) is 4.79 Å². The molecular weight excluding hydrogens is 336 g/mol. The number of aromatic nitrogens is 2. The van der Waals surface area contributed by atoms with Gasteiger partial charge in [-0.2, -0.15) is 5.10 Å². The van der Waals surface area contributed by atoms with Gasteiger partial charge >= 0.3 is 0 Å². The van der Waals surface area contributed by atoms with Gasteiger partial charge in [0, 0.05) is 29.2 Å². The number of hydrogen-bond acceptors (Lipinski definition) is 4. The van der Waals surface area contributed by atoms with Gasteiger partial charge in [0.25, 0.3) is 0 Å². The van der Waals surface area contributed by atoms with Crippen molar-refractivity contribution in [1.29, 1.82) is 0 Å². The van der Waals surface area contributed by atoms with Crippen LogP contribution >= 0.6 is 15.9 Å². The number of hydrogen-bond donors (Lipinski definition) is 2. The second-order valence-corrected chi connectivity index (χ2v) is 5.82. The summed E-state index contributed by atoms with van der Waals surface area (Å²) in [4.78, 5) is 11.9. The Hall–Kier alpha value is -2.02. The summed E-state index contributed by atoms with van der Waals surface area (Å²) in [5.41, 5.74) is 8.25. The van der Waals surface area contributed by atoms with E-state index < -0.39 is 0 Å². The predicted octanol–water partition coefficient (Wildman–Crippen LogP) is 1.48. The van der Waals surface area contributed by atoms with Crippen LogP contribution < -0.4 is 15.8 Å². The molecule has 1 aromatic heterocycles. The van der Waals surface area contributed by atoms with Crippen LogP contribution in [-0.2, 0) is 24.3 Å². The first kappa shape index (κ1) is 13.9. The van der Waals surface area contributed by atoms with Gasteiger partial charge in [0.2, 0.25) is 5.91 Å². The summed E-state index contributed by atoms with van der Waals surface area (Å²) in [5, 5.41) is 6.85. The number of amides is 1. The second-order valence-electron chi connectivity index (χ2n) is 4.90. The fourth-order valence-electron chi connectivity index (χ4n) is 2.34. The quantitative estimate of drug-likeness (QED) is 0.874. The largest absolute Gasteiger partial charge is 0.493 e. The van der Waals surface area contributed by atoms with E-state index in [2.05, 4.69) is 32.4 Å². The lowest BCUT2D eigenvalue weighted by Crippen LogP contribution is -2.27. The number of nitrogen functional groups attached to an aromatic ring is 1. The zero-order valence-electron chi connectivity index (χ0n) is 11.3. The molecule has 1 aliphatic heterocycles. The summed E-state index contributed by atoms with van der Waals surface area (Å²) in [5.74, 6) is 0.770. The highest BCUT2D eigenvalue weighted by Crippen LogP contribution is 2.32. The number of anilines is 1. The number of nitrogens with one attached hydrogen (secondary N) is 1. The lowest BCUT2D eigenvalue weighted by molar-refractivity contribution is -0.122. The monoisotopic (exact) mass is 350 g/mol. The minimum Gasteiger partial charge on any atom is -0.493 e. The van der Waals surface area contributed by atoms with E-state index >= 15 is 0 Å². The van der Waals surface area contributed by atoms with Crippen LogP contribution in [0.2, 0.25) is 0 Å². The van der Waals surface area contributed by atoms with Gasteiger partial charge < -0.3 is 15.8 Å². The number of ether oxygens (including phenoxy) is 1. The Morgan fingerprint density at radius 1 is 1.52 bits per heavy atom. The molecule has 1 aromatic carbocycles. The van der Waals surface area contributed by atoms with Gasteiger partial charge in [-0.3, -0.25) is 9.48 Å². The molecule has 2 heterocycles. The minimum atomic E-state index is -0.121. The van der Waals surface area contributed by atoms with Crippen LogP contribution in [0.5, 0.6) is 5.75 Å². The number of carbonyl (C=O) groups is 1. The fraction of sp³-hybridized carbons (Fsp3) is 0.286. The van der Waals surface area contributed by atoms with Crippen molar-refractivity contribution >= 4 is 27.5 Å². The molecule has 110 valence electrons. The van der Waals surface area contributed by atoms with E-state index in [4.69, 9.17) is 10.5 Å². The van der Waals surface area contributed by atoms with Gasteiger partial charge in [-0.05, 0) is 17.7 Å². The first-order valence-electron chi connectivity index (χ1n) is 6.60. The molecule has 1 amide bonds. The molecule has 0 unspecified atom stereocenters. The molecule has 0 radical (unpaired) electrons. The topological polar surface area (TPSA) is 82.2 Å². The Bertz CT molecular complexity index is 684. The average Bonchev–Trinajstić information content (AvgIpc) is 3.04. The summed E-state index contributed by atoms with van der Waals surface area (Å²) in [7, 11) is 0. The molecule has 1 aliphatic rings. The molecule has 0 aliphatic carbocycles. The van der Waals surface area contributed by atoms with Crippen LogP contribution in [0, 0.1) is 0 Å². The Morgan fingerprint density at radius 3 is 3.14 bits per heavy atom. The summed E-state index contributed by atoms with van der Waals surface area (Å²) in [6.45, 7) is 1.27. The van der Waals surface area contributed by atoms with E-state index in [0.717, 1.165) is 22.2 Å². The standard InChI is InChI=1S/C14H15BrN4O2/c15-11-3-9-1-2-21-14(9)10(4-11)5-17-13(20)8-19-7-12(16)6-18-19/h3-4,6-7H,1-2,5,8,16H2,(H,17,20). The molecule has 21 heavy (non-hydrogen) atoms. The third-order valence-corrected chi connectivity index (χ3v) is 3.72. The Morgan fingerprint density at radius 2 is 2.38 bits per heavy atom. The van der Waals surface area contributed by atoms with Crippen molar-refractivity contribution in [2.75, 3.05) is 12.3 Å². The van der Waals surface area contributed by atoms with Gasteiger partial charge in [-0.25, -0.2) is 0 Å². The van der Waals surface area contributed by atoms with Crippen LogP contribution in [0.25, 0.3) is 0 Å². The van der Waals surface area contributed by atoms with Gasteiger partial charge in [0.1, 0.15) is 12.3 Å². The highest BCUT2D eigenvalue weighted by atomic mass is 79.9. The maximum absolute atomic E-state index is 11.9. The van der Waals surface area contributed by atoms with Crippen LogP contribution in [0.3, 0.4) is 0 Å². The van der Waals surface area contributed by atoms with Gasteiger partial charge in [0.15, 0.2) is 0 Å². The first-order chi connectivity index (χ1) is 10.1. The average molecular weight is 351 g/mol. The van der Waals surface area contributed by atoms with E-state index in [1.54, 1.807) is 6.20 Å². The van der Waals surface area contributed by atoms with Crippen molar-refractivity contribution in [2.24, 2.45) is 0 Å². The number of fused-ring (bicyclic) bond motifs is 1. The van der Waals surface area contributed by atoms with Crippen molar-refractivity contribution in [3.8, 4) is 5.75 Å². The Labute approximate surface area is 130 Å². The smallest absolute Gasteiger partial charge is 0.242 e. The third-order valence-electron chi connectivity index (χ3n) is 3.26. The molecule has 0 spiro atoms. The lowest BCUT2D eigenvalue weighted by atomic mass is 10.1. The molecule has 0 fully saturated rings. The maximum Gasteiger partial charge on any atom is 0.242 e. The number of benzene rings is 1. The zero-order chi connectivity index (χ0) is 14.8. The zero-order valence-corrected chi connectivity index (χ0v) is 12.9. The van der Waals surface area contributed by atoms with Gasteiger partial charge in [0.05, 0.1) is 18.5 Å². The van der Waals surface area contributed by atoms with Crippen molar-refractivity contribution in [2.45, 2.75) is 19.5 Å². The van der Waals surface area contributed by atoms with Crippen LogP contribution in [0.15, 0.2) is 29.0 Å². The van der Waals surface area contributed by atoms with Crippen molar-refractivity contribution < 1.29 is 9.53 Å². The van der Waals surface area contributed by atoms with Crippen LogP contribution in [-0.4, -0.2) is 22.3 Å². The highest BCUT2D eigenvalue weighted by molar-refractivity contribution is 9.10. The molecule has 6 nitrogen and oxygen atoms in total. The van der Waals surface area contributed by atoms with Gasteiger partial charge in [-0.1, -0.05) is 15.9 Å². The van der Waals surface area contributed by atoms with Crippen molar-refractivity contribution in [3.05, 3.63) is 40.1 Å². The Balaban J connectivity index is 1.64.